The van der Waals surface area contributed by atoms with Crippen LogP contribution in [0.2, 0.25) is 0 Å². The molecule has 1 amide bonds. The molecular weight excluding hydrogens is 551 g/mol. The van der Waals surface area contributed by atoms with Crippen molar-refractivity contribution in [1.29, 1.82) is 0 Å². The van der Waals surface area contributed by atoms with Crippen LogP contribution in [0.4, 0.5) is 30.8 Å². The number of carbonyl (C=O) groups excluding carboxylic acids is 1. The monoisotopic (exact) mass is 579 g/mol. The van der Waals surface area contributed by atoms with Gasteiger partial charge in [-0.05, 0) is 38.0 Å². The van der Waals surface area contributed by atoms with E-state index in [9.17, 15) is 26.4 Å². The number of sulfonamides is 1. The van der Waals surface area contributed by atoms with Crippen LogP contribution in [0.25, 0.3) is 0 Å². The number of benzene rings is 1. The second-order valence-electron chi connectivity index (χ2n) is 8.85. The number of anilines is 3. The second-order valence-corrected chi connectivity index (χ2v) is 10.9. The third kappa shape index (κ3) is 7.57. The lowest BCUT2D eigenvalue weighted by molar-refractivity contribution is -0.137. The fourth-order valence-electron chi connectivity index (χ4n) is 3.90. The number of alkyl halides is 3. The standard InChI is InChI=1S/C25H28F3N7O4S/c1-2-40(37,38)35-20-17(10-6-12-29-20)14-30-21-18(25(26,27)28)15-31-24(33-21)34-23-19(11-7-13-39-23)32-22(36)16-8-4-3-5-9-16/h3-6,8-10,12,15,19,23H,2,7,11,13-14H2,1H3,(H,29,35)(H,32,36)(H2,30,31,33,34). The quantitative estimate of drug-likeness (QED) is 0.283. The van der Waals surface area contributed by atoms with Crippen LogP contribution in [-0.2, 0) is 27.5 Å². The molecule has 0 spiro atoms. The summed E-state index contributed by atoms with van der Waals surface area (Å²) in [6.07, 6.45) is -2.31. The van der Waals surface area contributed by atoms with E-state index in [4.69, 9.17) is 4.74 Å². The Labute approximate surface area is 229 Å². The van der Waals surface area contributed by atoms with Crippen LogP contribution >= 0.6 is 0 Å². The summed E-state index contributed by atoms with van der Waals surface area (Å²) in [4.78, 5) is 24.5. The van der Waals surface area contributed by atoms with Crippen molar-refractivity contribution in [3.8, 4) is 0 Å². The smallest absolute Gasteiger partial charge is 0.365 e. The van der Waals surface area contributed by atoms with Gasteiger partial charge in [-0.15, -0.1) is 0 Å². The summed E-state index contributed by atoms with van der Waals surface area (Å²) in [5.41, 5.74) is -0.351. The van der Waals surface area contributed by atoms with Crippen LogP contribution in [0.3, 0.4) is 0 Å². The lowest BCUT2D eigenvalue weighted by Gasteiger charge is -2.32. The summed E-state index contributed by atoms with van der Waals surface area (Å²) >= 11 is 0. The first kappa shape index (κ1) is 29.0. The Morgan fingerprint density at radius 2 is 1.88 bits per heavy atom. The molecule has 0 bridgehead atoms. The number of nitrogens with zero attached hydrogens (tertiary/aromatic N) is 3. The van der Waals surface area contributed by atoms with Gasteiger partial charge in [-0.3, -0.25) is 9.52 Å². The Kier molecular flexibility index (Phi) is 9.04. The number of carbonyl (C=O) groups is 1. The highest BCUT2D eigenvalue weighted by Crippen LogP contribution is 2.34. The van der Waals surface area contributed by atoms with Crippen LogP contribution in [0.5, 0.6) is 0 Å². The molecule has 0 aliphatic carbocycles. The van der Waals surface area contributed by atoms with Gasteiger partial charge in [0, 0.05) is 36.7 Å². The zero-order chi connectivity index (χ0) is 28.8. The molecule has 1 aromatic carbocycles. The maximum absolute atomic E-state index is 13.8. The molecule has 4 rings (SSSR count). The van der Waals surface area contributed by atoms with Gasteiger partial charge in [0.15, 0.2) is 0 Å². The molecule has 11 nitrogen and oxygen atoms in total. The summed E-state index contributed by atoms with van der Waals surface area (Å²) in [5, 5.41) is 8.40. The van der Waals surface area contributed by atoms with Crippen molar-refractivity contribution < 1.29 is 31.1 Å². The van der Waals surface area contributed by atoms with E-state index in [1.165, 1.54) is 25.3 Å². The molecule has 40 heavy (non-hydrogen) atoms. The number of ether oxygens (including phenoxy) is 1. The molecule has 4 N–H and O–H groups in total. The summed E-state index contributed by atoms with van der Waals surface area (Å²) in [6, 6.07) is 11.2. The molecule has 0 saturated carbocycles. The van der Waals surface area contributed by atoms with Gasteiger partial charge in [0.05, 0.1) is 11.8 Å². The maximum Gasteiger partial charge on any atom is 0.421 e. The average molecular weight is 580 g/mol. The predicted molar refractivity (Wildman–Crippen MR) is 142 cm³/mol. The largest absolute Gasteiger partial charge is 0.421 e. The van der Waals surface area contributed by atoms with Gasteiger partial charge in [-0.25, -0.2) is 18.4 Å². The van der Waals surface area contributed by atoms with Crippen molar-refractivity contribution in [2.24, 2.45) is 0 Å². The number of hydrogen-bond acceptors (Lipinski definition) is 9. The number of aromatic nitrogens is 3. The molecule has 3 aromatic rings. The molecule has 1 saturated heterocycles. The Hall–Kier alpha value is -3.98. The summed E-state index contributed by atoms with van der Waals surface area (Å²) in [6.45, 7) is 1.60. The Morgan fingerprint density at radius 3 is 2.60 bits per heavy atom. The zero-order valence-corrected chi connectivity index (χ0v) is 22.2. The Morgan fingerprint density at radius 1 is 1.10 bits per heavy atom. The van der Waals surface area contributed by atoms with E-state index in [1.807, 2.05) is 0 Å². The van der Waals surface area contributed by atoms with Crippen LogP contribution in [0, 0.1) is 0 Å². The van der Waals surface area contributed by atoms with Crippen molar-refractivity contribution in [3.63, 3.8) is 0 Å². The van der Waals surface area contributed by atoms with Crippen molar-refractivity contribution in [1.82, 2.24) is 20.3 Å². The zero-order valence-electron chi connectivity index (χ0n) is 21.4. The van der Waals surface area contributed by atoms with Gasteiger partial charge >= 0.3 is 6.18 Å². The first-order valence-corrected chi connectivity index (χ1v) is 14.1. The van der Waals surface area contributed by atoms with E-state index in [-0.39, 0.29) is 30.0 Å². The molecule has 2 unspecified atom stereocenters. The maximum atomic E-state index is 13.8. The second kappa shape index (κ2) is 12.5. The minimum Gasteiger partial charge on any atom is -0.365 e. The Balaban J connectivity index is 1.53. The van der Waals surface area contributed by atoms with Gasteiger partial charge in [-0.1, -0.05) is 24.3 Å². The van der Waals surface area contributed by atoms with E-state index < -0.39 is 39.9 Å². The van der Waals surface area contributed by atoms with Crippen LogP contribution in [0.1, 0.15) is 41.3 Å². The number of halogens is 3. The summed E-state index contributed by atoms with van der Waals surface area (Å²) < 4.78 is 73.4. The van der Waals surface area contributed by atoms with Gasteiger partial charge < -0.3 is 20.7 Å². The number of nitrogens with one attached hydrogen (secondary N) is 4. The molecule has 214 valence electrons. The first-order valence-electron chi connectivity index (χ1n) is 12.4. The fourth-order valence-corrected chi connectivity index (χ4v) is 4.53. The van der Waals surface area contributed by atoms with Gasteiger partial charge in [0.25, 0.3) is 5.91 Å². The lowest BCUT2D eigenvalue weighted by atomic mass is 10.1. The van der Waals surface area contributed by atoms with Crippen molar-refractivity contribution in [3.05, 3.63) is 71.5 Å². The predicted octanol–water partition coefficient (Wildman–Crippen LogP) is 3.61. The number of rotatable bonds is 10. The van der Waals surface area contributed by atoms with Crippen molar-refractivity contribution >= 4 is 33.5 Å². The number of amides is 1. The molecule has 2 aromatic heterocycles. The number of pyridine rings is 1. The number of hydrogen-bond donors (Lipinski definition) is 4. The van der Waals surface area contributed by atoms with Crippen molar-refractivity contribution in [2.45, 2.75) is 44.8 Å². The average Bonchev–Trinajstić information content (AvgIpc) is 2.93. The Bertz CT molecular complexity index is 1430. The minimum absolute atomic E-state index is 0.00887. The lowest BCUT2D eigenvalue weighted by Crippen LogP contribution is -2.50. The van der Waals surface area contributed by atoms with Crippen LogP contribution in [-0.4, -0.2) is 53.9 Å². The van der Waals surface area contributed by atoms with Crippen LogP contribution in [0.15, 0.2) is 54.9 Å². The van der Waals surface area contributed by atoms with Crippen molar-refractivity contribution in [2.75, 3.05) is 27.7 Å². The van der Waals surface area contributed by atoms with Crippen LogP contribution < -0.4 is 20.7 Å². The highest BCUT2D eigenvalue weighted by atomic mass is 32.2. The van der Waals surface area contributed by atoms with E-state index in [0.717, 1.165) is 0 Å². The first-order chi connectivity index (χ1) is 19.1. The van der Waals surface area contributed by atoms with Gasteiger partial charge in [-0.2, -0.15) is 18.2 Å². The summed E-state index contributed by atoms with van der Waals surface area (Å²) in [5.74, 6) is -1.21. The highest BCUT2D eigenvalue weighted by Gasteiger charge is 2.36. The molecule has 1 aliphatic heterocycles. The third-order valence-corrected chi connectivity index (χ3v) is 7.27. The molecular formula is C25H28F3N7O4S. The van der Waals surface area contributed by atoms with E-state index >= 15 is 0 Å². The molecule has 1 aliphatic rings. The molecule has 1 fully saturated rings. The SMILES string of the molecule is CCS(=O)(=O)Nc1ncccc1CNc1nc(NC2OCCCC2NC(=O)c2ccccc2)ncc1C(F)(F)F. The molecule has 15 heteroatoms. The molecule has 3 heterocycles. The van der Waals surface area contributed by atoms with Gasteiger partial charge in [0.2, 0.25) is 16.0 Å². The van der Waals surface area contributed by atoms with E-state index in [1.54, 1.807) is 30.3 Å². The summed E-state index contributed by atoms with van der Waals surface area (Å²) in [7, 11) is -3.66. The highest BCUT2D eigenvalue weighted by molar-refractivity contribution is 7.92. The van der Waals surface area contributed by atoms with E-state index in [2.05, 4.69) is 35.6 Å². The molecule has 2 atom stereocenters. The fraction of sp³-hybridized carbons (Fsp3) is 0.360. The normalized spacial score (nSPS) is 17.6. The van der Waals surface area contributed by atoms with E-state index in [0.29, 0.717) is 36.8 Å². The third-order valence-electron chi connectivity index (χ3n) is 6.01. The molecule has 0 radical (unpaired) electrons. The van der Waals surface area contributed by atoms with Gasteiger partial charge in [0.1, 0.15) is 23.4 Å². The topological polar surface area (TPSA) is 147 Å². The minimum atomic E-state index is -4.77.